The number of anilines is 1. The third-order valence-electron chi connectivity index (χ3n) is 3.02. The minimum Gasteiger partial charge on any atom is -0.323 e. The molecular formula is C17H12BrF2NO2. The zero-order valence-electron chi connectivity index (χ0n) is 12.1. The zero-order chi connectivity index (χ0) is 17.0. The number of aryl methyl sites for hydroxylation is 1. The number of rotatable bonds is 4. The van der Waals surface area contributed by atoms with E-state index in [4.69, 9.17) is 0 Å². The van der Waals surface area contributed by atoms with Crippen molar-refractivity contribution in [3.05, 3.63) is 75.8 Å². The highest BCUT2D eigenvalue weighted by Gasteiger charge is 2.08. The maximum atomic E-state index is 13.1. The number of nitrogens with one attached hydrogen (secondary N) is 1. The summed E-state index contributed by atoms with van der Waals surface area (Å²) in [5, 5.41) is 2.60. The summed E-state index contributed by atoms with van der Waals surface area (Å²) in [7, 11) is 0. The Kier molecular flexibility index (Phi) is 5.39. The van der Waals surface area contributed by atoms with Crippen molar-refractivity contribution < 1.29 is 18.4 Å². The summed E-state index contributed by atoms with van der Waals surface area (Å²) in [4.78, 5) is 23.6. The predicted octanol–water partition coefficient (Wildman–Crippen LogP) is 4.41. The van der Waals surface area contributed by atoms with Crippen molar-refractivity contribution in [3.63, 3.8) is 0 Å². The topological polar surface area (TPSA) is 46.2 Å². The molecule has 0 fully saturated rings. The number of allylic oxidation sites excluding steroid dienone is 1. The molecule has 0 saturated heterocycles. The van der Waals surface area contributed by atoms with Gasteiger partial charge in [0.25, 0.3) is 0 Å². The first-order chi connectivity index (χ1) is 10.9. The van der Waals surface area contributed by atoms with Crippen LogP contribution < -0.4 is 5.32 Å². The molecule has 0 aliphatic carbocycles. The van der Waals surface area contributed by atoms with Crippen LogP contribution in [0.1, 0.15) is 15.9 Å². The van der Waals surface area contributed by atoms with Gasteiger partial charge in [0.15, 0.2) is 17.4 Å². The highest BCUT2D eigenvalue weighted by Crippen LogP contribution is 2.20. The van der Waals surface area contributed by atoms with Crippen molar-refractivity contribution in [3.8, 4) is 0 Å². The lowest BCUT2D eigenvalue weighted by Crippen LogP contribution is -2.09. The van der Waals surface area contributed by atoms with Crippen molar-refractivity contribution in [2.24, 2.45) is 0 Å². The van der Waals surface area contributed by atoms with E-state index in [9.17, 15) is 18.4 Å². The van der Waals surface area contributed by atoms with Gasteiger partial charge in [-0.2, -0.15) is 0 Å². The lowest BCUT2D eigenvalue weighted by atomic mass is 10.1. The molecule has 0 spiro atoms. The van der Waals surface area contributed by atoms with Gasteiger partial charge in [0.05, 0.1) is 0 Å². The van der Waals surface area contributed by atoms with Crippen molar-refractivity contribution in [2.75, 3.05) is 5.32 Å². The summed E-state index contributed by atoms with van der Waals surface area (Å²) < 4.78 is 26.8. The molecule has 0 radical (unpaired) electrons. The van der Waals surface area contributed by atoms with Gasteiger partial charge in [0, 0.05) is 21.8 Å². The smallest absolute Gasteiger partial charge is 0.248 e. The molecule has 0 atom stereocenters. The average molecular weight is 380 g/mol. The maximum Gasteiger partial charge on any atom is 0.248 e. The largest absolute Gasteiger partial charge is 0.323 e. The molecule has 118 valence electrons. The number of ketones is 1. The van der Waals surface area contributed by atoms with Gasteiger partial charge in [-0.15, -0.1) is 0 Å². The van der Waals surface area contributed by atoms with Crippen LogP contribution in [0.4, 0.5) is 14.5 Å². The Morgan fingerprint density at radius 3 is 2.43 bits per heavy atom. The van der Waals surface area contributed by atoms with Crippen LogP contribution in [-0.2, 0) is 4.79 Å². The Morgan fingerprint density at radius 1 is 1.04 bits per heavy atom. The monoisotopic (exact) mass is 379 g/mol. The van der Waals surface area contributed by atoms with E-state index in [1.165, 1.54) is 0 Å². The Labute approximate surface area is 140 Å². The molecule has 0 aliphatic rings. The van der Waals surface area contributed by atoms with Gasteiger partial charge >= 0.3 is 0 Å². The predicted molar refractivity (Wildman–Crippen MR) is 87.3 cm³/mol. The lowest BCUT2D eigenvalue weighted by Gasteiger charge is -2.04. The van der Waals surface area contributed by atoms with Crippen molar-refractivity contribution >= 4 is 33.3 Å². The van der Waals surface area contributed by atoms with Gasteiger partial charge in [-0.3, -0.25) is 9.59 Å². The molecule has 0 aliphatic heterocycles. The quantitative estimate of drug-likeness (QED) is 0.631. The summed E-state index contributed by atoms with van der Waals surface area (Å²) in [6.45, 7) is 1.88. The number of amides is 1. The molecule has 0 unspecified atom stereocenters. The first-order valence-electron chi connectivity index (χ1n) is 6.61. The Bertz CT molecular complexity index is 803. The molecule has 2 aromatic carbocycles. The second kappa shape index (κ2) is 7.28. The van der Waals surface area contributed by atoms with Gasteiger partial charge < -0.3 is 5.32 Å². The van der Waals surface area contributed by atoms with E-state index in [0.29, 0.717) is 5.69 Å². The molecule has 0 saturated carbocycles. The van der Waals surface area contributed by atoms with Crippen molar-refractivity contribution in [1.82, 2.24) is 0 Å². The average Bonchev–Trinajstić information content (AvgIpc) is 2.51. The third-order valence-corrected chi connectivity index (χ3v) is 3.91. The van der Waals surface area contributed by atoms with E-state index in [2.05, 4.69) is 21.2 Å². The third kappa shape index (κ3) is 4.56. The normalized spacial score (nSPS) is 10.8. The fraction of sp³-hybridized carbons (Fsp3) is 0.0588. The van der Waals surface area contributed by atoms with Gasteiger partial charge in [-0.25, -0.2) is 8.78 Å². The minimum atomic E-state index is -1.11. The van der Waals surface area contributed by atoms with Crippen LogP contribution in [-0.4, -0.2) is 11.7 Å². The molecule has 6 heteroatoms. The van der Waals surface area contributed by atoms with E-state index in [0.717, 1.165) is 40.4 Å². The second-order valence-electron chi connectivity index (χ2n) is 4.78. The molecule has 1 amide bonds. The van der Waals surface area contributed by atoms with Crippen molar-refractivity contribution in [1.29, 1.82) is 0 Å². The van der Waals surface area contributed by atoms with E-state index < -0.39 is 23.3 Å². The Morgan fingerprint density at radius 2 is 1.78 bits per heavy atom. The summed E-state index contributed by atoms with van der Waals surface area (Å²) in [5.74, 6) is -3.23. The number of hydrogen-bond donors (Lipinski definition) is 1. The van der Waals surface area contributed by atoms with Gasteiger partial charge in [0.1, 0.15) is 0 Å². The summed E-state index contributed by atoms with van der Waals surface area (Å²) in [6.07, 6.45) is 2.05. The van der Waals surface area contributed by atoms with Crippen LogP contribution >= 0.6 is 15.9 Å². The fourth-order valence-electron chi connectivity index (χ4n) is 1.80. The van der Waals surface area contributed by atoms with Crippen LogP contribution in [0, 0.1) is 18.6 Å². The van der Waals surface area contributed by atoms with Gasteiger partial charge in [-0.1, -0.05) is 15.9 Å². The SMILES string of the molecule is Cc1cc(NC(=O)/C=C/C(=O)c2ccc(F)c(F)c2)ccc1Br. The highest BCUT2D eigenvalue weighted by atomic mass is 79.9. The first-order valence-corrected chi connectivity index (χ1v) is 7.40. The molecule has 0 aromatic heterocycles. The number of hydrogen-bond acceptors (Lipinski definition) is 2. The Balaban J connectivity index is 2.03. The van der Waals surface area contributed by atoms with E-state index in [1.807, 2.05) is 6.92 Å². The van der Waals surface area contributed by atoms with E-state index in [-0.39, 0.29) is 5.56 Å². The number of halogens is 3. The van der Waals surface area contributed by atoms with Crippen LogP contribution in [0.15, 0.2) is 53.0 Å². The molecule has 2 rings (SSSR count). The van der Waals surface area contributed by atoms with Crippen LogP contribution in [0.3, 0.4) is 0 Å². The van der Waals surface area contributed by atoms with Crippen LogP contribution in [0.25, 0.3) is 0 Å². The molecule has 23 heavy (non-hydrogen) atoms. The van der Waals surface area contributed by atoms with E-state index in [1.54, 1.807) is 18.2 Å². The number of carbonyl (C=O) groups excluding carboxylic acids is 2. The van der Waals surface area contributed by atoms with Crippen molar-refractivity contribution in [2.45, 2.75) is 6.92 Å². The molecule has 2 aromatic rings. The van der Waals surface area contributed by atoms with Gasteiger partial charge in [0.2, 0.25) is 5.91 Å². The van der Waals surface area contributed by atoms with Crippen LogP contribution in [0.2, 0.25) is 0 Å². The summed E-state index contributed by atoms with van der Waals surface area (Å²) in [5.41, 5.74) is 1.50. The number of benzene rings is 2. The summed E-state index contributed by atoms with van der Waals surface area (Å²) >= 11 is 3.35. The molecule has 3 nitrogen and oxygen atoms in total. The zero-order valence-corrected chi connectivity index (χ0v) is 13.7. The molecule has 0 heterocycles. The molecule has 0 bridgehead atoms. The molecule has 1 N–H and O–H groups in total. The standard InChI is InChI=1S/C17H12BrF2NO2/c1-10-8-12(3-4-13(10)18)21-17(23)7-6-16(22)11-2-5-14(19)15(20)9-11/h2-9H,1H3,(H,21,23)/b7-6+. The highest BCUT2D eigenvalue weighted by molar-refractivity contribution is 9.10. The lowest BCUT2D eigenvalue weighted by molar-refractivity contribution is -0.111. The molecular weight excluding hydrogens is 368 g/mol. The van der Waals surface area contributed by atoms with Crippen LogP contribution in [0.5, 0.6) is 0 Å². The second-order valence-corrected chi connectivity index (χ2v) is 5.63. The summed E-state index contributed by atoms with van der Waals surface area (Å²) in [6, 6.07) is 8.08. The first kappa shape index (κ1) is 17.0. The van der Waals surface area contributed by atoms with E-state index >= 15 is 0 Å². The van der Waals surface area contributed by atoms with Gasteiger partial charge in [-0.05, 0) is 55.0 Å². The minimum absolute atomic E-state index is 0.0348. The number of carbonyl (C=O) groups is 2. The Hall–Kier alpha value is -2.34. The fourth-order valence-corrected chi connectivity index (χ4v) is 2.05. The maximum absolute atomic E-state index is 13.1.